The fourth-order valence-electron chi connectivity index (χ4n) is 4.58. The molecular formula is C19H21N2O3-. The van der Waals surface area contributed by atoms with Crippen molar-refractivity contribution in [2.24, 2.45) is 5.41 Å². The summed E-state index contributed by atoms with van der Waals surface area (Å²) in [4.78, 5) is 14.2. The molecule has 0 aliphatic carbocycles. The first-order valence-electron chi connectivity index (χ1n) is 8.51. The molecule has 0 saturated carbocycles. The highest BCUT2D eigenvalue weighted by molar-refractivity contribution is 6.05. The summed E-state index contributed by atoms with van der Waals surface area (Å²) < 4.78 is 0. The van der Waals surface area contributed by atoms with Crippen LogP contribution in [0.3, 0.4) is 0 Å². The Morgan fingerprint density at radius 3 is 2.96 bits per heavy atom. The van der Waals surface area contributed by atoms with E-state index < -0.39 is 11.1 Å². The quantitative estimate of drug-likeness (QED) is 0.826. The van der Waals surface area contributed by atoms with Crippen LogP contribution in [0.15, 0.2) is 42.3 Å². The number of hydrogen-bond donors (Lipinski definition) is 2. The van der Waals surface area contributed by atoms with Crippen LogP contribution in [-0.2, 0) is 4.79 Å². The zero-order valence-corrected chi connectivity index (χ0v) is 13.7. The van der Waals surface area contributed by atoms with Crippen LogP contribution in [0.1, 0.15) is 38.2 Å². The van der Waals surface area contributed by atoms with Crippen LogP contribution in [0.25, 0.3) is 5.57 Å². The van der Waals surface area contributed by atoms with E-state index in [1.807, 2.05) is 25.1 Å². The van der Waals surface area contributed by atoms with Crippen LogP contribution in [0.4, 0.5) is 5.69 Å². The lowest BCUT2D eigenvalue weighted by Gasteiger charge is -2.54. The monoisotopic (exact) mass is 325 g/mol. The second kappa shape index (κ2) is 5.11. The van der Waals surface area contributed by atoms with Crippen molar-refractivity contribution in [3.63, 3.8) is 0 Å². The molecule has 3 aliphatic heterocycles. The molecule has 0 spiro atoms. The fraction of sp³-hybridized carbons (Fsp3) is 0.421. The topological polar surface area (TPSA) is 75.6 Å². The van der Waals surface area contributed by atoms with Crippen LogP contribution in [0.5, 0.6) is 0 Å². The summed E-state index contributed by atoms with van der Waals surface area (Å²) in [5, 5.41) is 27.1. The van der Waals surface area contributed by atoms with E-state index in [4.69, 9.17) is 0 Å². The van der Waals surface area contributed by atoms with E-state index >= 15 is 0 Å². The number of carbonyl (C=O) groups excluding carboxylic acids is 1. The maximum Gasteiger partial charge on any atom is 0.249 e. The lowest BCUT2D eigenvalue weighted by atomic mass is 9.64. The van der Waals surface area contributed by atoms with Crippen molar-refractivity contribution in [1.29, 1.82) is 0 Å². The molecule has 3 heterocycles. The number of nitrogens with one attached hydrogen (secondary N) is 1. The lowest BCUT2D eigenvalue weighted by Crippen LogP contribution is -2.62. The number of hydrogen-bond acceptors (Lipinski definition) is 4. The average Bonchev–Trinajstić information content (AvgIpc) is 2.86. The Bertz CT molecular complexity index is 770. The first-order chi connectivity index (χ1) is 11.5. The Labute approximate surface area is 141 Å². The zero-order valence-electron chi connectivity index (χ0n) is 13.7. The Morgan fingerprint density at radius 2 is 2.17 bits per heavy atom. The molecule has 1 aromatic carbocycles. The first kappa shape index (κ1) is 15.3. The molecule has 1 saturated heterocycles. The molecule has 2 N–H and O–H groups in total. The van der Waals surface area contributed by atoms with E-state index in [0.717, 1.165) is 18.4 Å². The van der Waals surface area contributed by atoms with Crippen molar-refractivity contribution in [3.8, 4) is 0 Å². The van der Waals surface area contributed by atoms with Gasteiger partial charge in [-0.15, -0.1) is 0 Å². The van der Waals surface area contributed by atoms with E-state index in [2.05, 4.69) is 5.32 Å². The number of nitrogens with zero attached hydrogens (tertiary/aromatic N) is 1. The molecule has 5 heteroatoms. The molecule has 2 unspecified atom stereocenters. The van der Waals surface area contributed by atoms with Crippen LogP contribution >= 0.6 is 0 Å². The summed E-state index contributed by atoms with van der Waals surface area (Å²) in [6.07, 6.45) is 5.92. The minimum absolute atomic E-state index is 0.147. The molecule has 1 aromatic rings. The van der Waals surface area contributed by atoms with Crippen molar-refractivity contribution >= 4 is 17.2 Å². The van der Waals surface area contributed by atoms with Gasteiger partial charge in [0.1, 0.15) is 0 Å². The number of carbonyl (C=O) groups is 1. The highest BCUT2D eigenvalue weighted by Crippen LogP contribution is 2.57. The highest BCUT2D eigenvalue weighted by atomic mass is 16.3. The molecule has 1 amide bonds. The minimum atomic E-state index is -1.37. The molecule has 0 radical (unpaired) electrons. The third-order valence-corrected chi connectivity index (χ3v) is 5.91. The van der Waals surface area contributed by atoms with Crippen LogP contribution < -0.4 is 10.4 Å². The number of anilines is 1. The van der Waals surface area contributed by atoms with Gasteiger partial charge in [0.05, 0.1) is 0 Å². The number of para-hydroxylation sites is 1. The number of allylic oxidation sites excluding steroid dienone is 1. The molecule has 4 rings (SSSR count). The Kier molecular flexibility index (Phi) is 3.25. The predicted octanol–water partition coefficient (Wildman–Crippen LogP) is 1.81. The van der Waals surface area contributed by atoms with Gasteiger partial charge in [-0.05, 0) is 37.6 Å². The molecule has 2 atom stereocenters. The number of amides is 1. The first-order valence-corrected chi connectivity index (χ1v) is 8.51. The summed E-state index contributed by atoms with van der Waals surface area (Å²) in [6.45, 7) is 2.57. The Hall–Kier alpha value is -2.27. The van der Waals surface area contributed by atoms with Crippen molar-refractivity contribution < 1.29 is 15.0 Å². The van der Waals surface area contributed by atoms with Gasteiger partial charge in [0.25, 0.3) is 0 Å². The van der Waals surface area contributed by atoms with E-state index in [1.165, 1.54) is 0 Å². The SMILES string of the molecule is CCC12C/C=C(/[O-])Nc3ccccc3C3=CC(=O)N(CCC1)C32O. The van der Waals surface area contributed by atoms with Crippen molar-refractivity contribution in [3.05, 3.63) is 47.9 Å². The van der Waals surface area contributed by atoms with Crippen molar-refractivity contribution in [2.75, 3.05) is 11.9 Å². The number of benzene rings is 1. The predicted molar refractivity (Wildman–Crippen MR) is 89.4 cm³/mol. The van der Waals surface area contributed by atoms with Gasteiger partial charge in [-0.3, -0.25) is 4.79 Å². The van der Waals surface area contributed by atoms with Crippen LogP contribution in [0, 0.1) is 5.41 Å². The average molecular weight is 325 g/mol. The van der Waals surface area contributed by atoms with E-state index in [1.54, 1.807) is 23.1 Å². The molecule has 1 fully saturated rings. The minimum Gasteiger partial charge on any atom is -0.860 e. The molecule has 0 aromatic heterocycles. The summed E-state index contributed by atoms with van der Waals surface area (Å²) in [5.74, 6) is -0.311. The number of aliphatic hydroxyl groups is 1. The third kappa shape index (κ3) is 1.82. The van der Waals surface area contributed by atoms with Crippen molar-refractivity contribution in [2.45, 2.75) is 38.3 Å². The van der Waals surface area contributed by atoms with Gasteiger partial charge in [0, 0.05) is 34.9 Å². The van der Waals surface area contributed by atoms with Crippen LogP contribution in [0.2, 0.25) is 0 Å². The summed E-state index contributed by atoms with van der Waals surface area (Å²) in [5.41, 5.74) is 0.0543. The van der Waals surface area contributed by atoms with Gasteiger partial charge in [-0.25, -0.2) is 0 Å². The van der Waals surface area contributed by atoms with Gasteiger partial charge >= 0.3 is 0 Å². The largest absolute Gasteiger partial charge is 0.860 e. The lowest BCUT2D eigenvalue weighted by molar-refractivity contribution is -0.300. The maximum absolute atomic E-state index is 12.6. The maximum atomic E-state index is 12.6. The summed E-state index contributed by atoms with van der Waals surface area (Å²) >= 11 is 0. The van der Waals surface area contributed by atoms with E-state index in [0.29, 0.717) is 30.6 Å². The van der Waals surface area contributed by atoms with Gasteiger partial charge in [-0.1, -0.05) is 31.2 Å². The molecule has 5 nitrogen and oxygen atoms in total. The normalized spacial score (nSPS) is 33.9. The number of rotatable bonds is 1. The van der Waals surface area contributed by atoms with Gasteiger partial charge in [0.2, 0.25) is 5.91 Å². The molecule has 24 heavy (non-hydrogen) atoms. The van der Waals surface area contributed by atoms with E-state index in [9.17, 15) is 15.0 Å². The number of fused-ring (bicyclic) bond motifs is 2. The molecule has 126 valence electrons. The number of piperidine rings is 1. The standard InChI is InChI=1S/C19H22N2O3/c1-2-18-9-5-11-21-17(23)12-14(19(18,21)24)13-6-3-4-7-15(13)20-16(22)8-10-18/h3-4,6-8,12,20,22,24H,2,5,9-11H2,1H3/p-1/b16-8+. The van der Waals surface area contributed by atoms with Gasteiger partial charge in [-0.2, -0.15) is 0 Å². The van der Waals surface area contributed by atoms with Crippen LogP contribution in [-0.4, -0.2) is 28.2 Å². The second-order valence-corrected chi connectivity index (χ2v) is 6.90. The zero-order chi connectivity index (χ0) is 16.9. The van der Waals surface area contributed by atoms with Crippen molar-refractivity contribution in [1.82, 2.24) is 4.90 Å². The van der Waals surface area contributed by atoms with Gasteiger partial charge in [0.15, 0.2) is 5.72 Å². The summed E-state index contributed by atoms with van der Waals surface area (Å²) in [7, 11) is 0. The molecule has 0 bridgehead atoms. The van der Waals surface area contributed by atoms with Gasteiger partial charge < -0.3 is 20.4 Å². The second-order valence-electron chi connectivity index (χ2n) is 6.90. The molecular weight excluding hydrogens is 304 g/mol. The Morgan fingerprint density at radius 1 is 1.38 bits per heavy atom. The Balaban J connectivity index is 2.01. The molecule has 3 aliphatic rings. The summed E-state index contributed by atoms with van der Waals surface area (Å²) in [6, 6.07) is 7.36. The fourth-order valence-corrected chi connectivity index (χ4v) is 4.58. The highest BCUT2D eigenvalue weighted by Gasteiger charge is 2.61. The third-order valence-electron chi connectivity index (χ3n) is 5.91. The van der Waals surface area contributed by atoms with E-state index in [-0.39, 0.29) is 11.8 Å². The smallest absolute Gasteiger partial charge is 0.249 e.